The first kappa shape index (κ1) is 21.9. The van der Waals surface area contributed by atoms with Gasteiger partial charge in [0.15, 0.2) is 0 Å². The van der Waals surface area contributed by atoms with Gasteiger partial charge >= 0.3 is 0 Å². The van der Waals surface area contributed by atoms with Crippen LogP contribution in [0.15, 0.2) is 95.4 Å². The molecule has 5 nitrogen and oxygen atoms in total. The van der Waals surface area contributed by atoms with Crippen LogP contribution in [0, 0.1) is 6.92 Å². The molecule has 0 spiro atoms. The highest BCUT2D eigenvalue weighted by Crippen LogP contribution is 2.32. The minimum atomic E-state index is -0.356. The quantitative estimate of drug-likeness (QED) is 0.341. The molecule has 2 aromatic carbocycles. The molecule has 5 rings (SSSR count). The highest BCUT2D eigenvalue weighted by molar-refractivity contribution is 7.10. The molecule has 3 heterocycles. The normalized spacial score (nSPS) is 12.0. The number of nitrogens with zero attached hydrogens (tertiary/aromatic N) is 1. The van der Waals surface area contributed by atoms with Crippen molar-refractivity contribution in [2.75, 3.05) is 6.54 Å². The Hall–Kier alpha value is -3.90. The van der Waals surface area contributed by atoms with E-state index >= 15 is 0 Å². The number of fused-ring (bicyclic) bond motifs is 1. The van der Waals surface area contributed by atoms with Crippen LogP contribution in [0.2, 0.25) is 0 Å². The molecule has 0 radical (unpaired) electrons. The minimum Gasteiger partial charge on any atom is -0.361 e. The zero-order valence-corrected chi connectivity index (χ0v) is 19.6. The van der Waals surface area contributed by atoms with Crippen molar-refractivity contribution in [1.29, 1.82) is 0 Å². The fraction of sp³-hybridized carbons (Fsp3) is 0.143. The summed E-state index contributed by atoms with van der Waals surface area (Å²) >= 11 is 1.66. The van der Waals surface area contributed by atoms with E-state index in [0.29, 0.717) is 13.1 Å². The van der Waals surface area contributed by atoms with E-state index in [1.165, 1.54) is 0 Å². The third-order valence-corrected chi connectivity index (χ3v) is 7.04. The number of H-pyrrole nitrogens is 1. The molecule has 5 aromatic rings. The van der Waals surface area contributed by atoms with Crippen LogP contribution in [0.25, 0.3) is 10.9 Å². The number of hydrogen-bond acceptors (Lipinski definition) is 3. The number of aromatic amines is 1. The number of para-hydroxylation sites is 1. The molecule has 0 bridgehead atoms. The Morgan fingerprint density at radius 2 is 1.94 bits per heavy atom. The number of aromatic nitrogens is 2. The monoisotopic (exact) mass is 467 g/mol. The second kappa shape index (κ2) is 9.53. The van der Waals surface area contributed by atoms with E-state index < -0.39 is 0 Å². The lowest BCUT2D eigenvalue weighted by Gasteiger charge is -2.16. The molecular weight excluding hydrogens is 442 g/mol. The maximum atomic E-state index is 13.1. The average molecular weight is 468 g/mol. The number of rotatable bonds is 7. The van der Waals surface area contributed by atoms with Crippen molar-refractivity contribution in [2.24, 2.45) is 0 Å². The van der Waals surface area contributed by atoms with Gasteiger partial charge in [-0.1, -0.05) is 54.1 Å². The molecule has 2 N–H and O–H groups in total. The average Bonchev–Trinajstić information content (AvgIpc) is 3.52. The summed E-state index contributed by atoms with van der Waals surface area (Å²) in [5.74, 6) is -0.372. The predicted octanol–water partition coefficient (Wildman–Crippen LogP) is 5.31. The summed E-state index contributed by atoms with van der Waals surface area (Å²) in [5.41, 5.74) is 4.21. The molecule has 34 heavy (non-hydrogen) atoms. The van der Waals surface area contributed by atoms with Crippen LogP contribution in [-0.4, -0.2) is 22.0 Å². The van der Waals surface area contributed by atoms with E-state index in [-0.39, 0.29) is 22.9 Å². The van der Waals surface area contributed by atoms with Crippen LogP contribution >= 0.6 is 11.3 Å². The number of carbonyl (C=O) groups excluding carboxylic acids is 1. The first-order valence-corrected chi connectivity index (χ1v) is 12.1. The van der Waals surface area contributed by atoms with Gasteiger partial charge in [0.25, 0.3) is 11.5 Å². The Labute approximate surface area is 201 Å². The molecule has 0 aliphatic carbocycles. The number of benzene rings is 2. The Kier molecular flexibility index (Phi) is 6.14. The van der Waals surface area contributed by atoms with Gasteiger partial charge in [0.2, 0.25) is 0 Å². The zero-order chi connectivity index (χ0) is 23.5. The van der Waals surface area contributed by atoms with E-state index in [4.69, 9.17) is 0 Å². The van der Waals surface area contributed by atoms with E-state index in [0.717, 1.165) is 32.5 Å². The number of pyridine rings is 1. The Balaban J connectivity index is 1.39. The van der Waals surface area contributed by atoms with Crippen molar-refractivity contribution in [2.45, 2.75) is 19.4 Å². The van der Waals surface area contributed by atoms with E-state index in [1.54, 1.807) is 34.2 Å². The van der Waals surface area contributed by atoms with E-state index in [2.05, 4.69) is 22.4 Å². The fourth-order valence-electron chi connectivity index (χ4n) is 4.37. The highest BCUT2D eigenvalue weighted by atomic mass is 32.1. The molecule has 0 aliphatic rings. The van der Waals surface area contributed by atoms with Crippen LogP contribution in [0.4, 0.5) is 0 Å². The minimum absolute atomic E-state index is 0.0154. The fourth-order valence-corrected chi connectivity index (χ4v) is 5.21. The van der Waals surface area contributed by atoms with Gasteiger partial charge in [-0.25, -0.2) is 0 Å². The summed E-state index contributed by atoms with van der Waals surface area (Å²) < 4.78 is 1.58. The van der Waals surface area contributed by atoms with Crippen LogP contribution in [0.5, 0.6) is 0 Å². The maximum Gasteiger partial charge on any atom is 0.263 e. The topological polar surface area (TPSA) is 66.9 Å². The second-order valence-electron chi connectivity index (χ2n) is 8.41. The summed E-state index contributed by atoms with van der Waals surface area (Å²) in [4.78, 5) is 30.7. The van der Waals surface area contributed by atoms with Crippen LogP contribution in [0.3, 0.4) is 0 Å². The molecule has 1 atom stereocenters. The molecule has 0 saturated heterocycles. The highest BCUT2D eigenvalue weighted by Gasteiger charge is 2.21. The standard InChI is InChI=1S/C28H25N3O2S/c1-19-7-4-8-20(15-19)18-31-13-5-10-22(28(31)33)27(32)30-17-24(26-12-6-14-34-26)23-16-29-25-11-3-2-9-21(23)25/h2-16,24,29H,17-18H2,1H3,(H,30,32). The molecule has 170 valence electrons. The van der Waals surface area contributed by atoms with Crippen LogP contribution < -0.4 is 10.9 Å². The number of amides is 1. The van der Waals surface area contributed by atoms with Gasteiger partial charge in [0.1, 0.15) is 5.56 Å². The molecule has 6 heteroatoms. The SMILES string of the molecule is Cc1cccc(Cn2cccc(C(=O)NCC(c3cccs3)c3c[nH]c4ccccc34)c2=O)c1. The van der Waals surface area contributed by atoms with Gasteiger partial charge < -0.3 is 14.9 Å². The van der Waals surface area contributed by atoms with Crippen molar-refractivity contribution in [3.05, 3.63) is 128 Å². The van der Waals surface area contributed by atoms with Crippen molar-refractivity contribution in [1.82, 2.24) is 14.9 Å². The van der Waals surface area contributed by atoms with Crippen LogP contribution in [0.1, 0.15) is 37.8 Å². The lowest BCUT2D eigenvalue weighted by atomic mass is 9.96. The zero-order valence-electron chi connectivity index (χ0n) is 18.8. The Bertz CT molecular complexity index is 1500. The lowest BCUT2D eigenvalue weighted by Crippen LogP contribution is -2.35. The number of thiophene rings is 1. The summed E-state index contributed by atoms with van der Waals surface area (Å²) in [6.07, 6.45) is 3.74. The summed E-state index contributed by atoms with van der Waals surface area (Å²) in [6.45, 7) is 2.84. The van der Waals surface area contributed by atoms with Crippen molar-refractivity contribution in [3.63, 3.8) is 0 Å². The smallest absolute Gasteiger partial charge is 0.263 e. The van der Waals surface area contributed by atoms with Crippen molar-refractivity contribution in [3.8, 4) is 0 Å². The number of aryl methyl sites for hydroxylation is 1. The molecule has 1 amide bonds. The largest absolute Gasteiger partial charge is 0.361 e. The number of carbonyl (C=O) groups is 1. The second-order valence-corrected chi connectivity index (χ2v) is 9.39. The Morgan fingerprint density at radius 3 is 2.76 bits per heavy atom. The lowest BCUT2D eigenvalue weighted by molar-refractivity contribution is 0.0950. The van der Waals surface area contributed by atoms with Gasteiger partial charge in [0.05, 0.1) is 6.54 Å². The van der Waals surface area contributed by atoms with E-state index in [1.807, 2.05) is 67.0 Å². The molecule has 0 aliphatic heterocycles. The number of nitrogens with one attached hydrogen (secondary N) is 2. The van der Waals surface area contributed by atoms with E-state index in [9.17, 15) is 9.59 Å². The summed E-state index contributed by atoms with van der Waals surface area (Å²) in [5, 5.41) is 6.20. The van der Waals surface area contributed by atoms with Gasteiger partial charge in [-0.2, -0.15) is 0 Å². The van der Waals surface area contributed by atoms with Gasteiger partial charge in [-0.15, -0.1) is 11.3 Å². The number of hydrogen-bond donors (Lipinski definition) is 2. The molecule has 1 unspecified atom stereocenters. The van der Waals surface area contributed by atoms with Crippen LogP contribution in [-0.2, 0) is 6.54 Å². The predicted molar refractivity (Wildman–Crippen MR) is 138 cm³/mol. The van der Waals surface area contributed by atoms with Crippen molar-refractivity contribution >= 4 is 28.1 Å². The summed E-state index contributed by atoms with van der Waals surface area (Å²) in [7, 11) is 0. The first-order chi connectivity index (χ1) is 16.6. The van der Waals surface area contributed by atoms with Gasteiger partial charge in [-0.3, -0.25) is 9.59 Å². The third kappa shape index (κ3) is 4.45. The van der Waals surface area contributed by atoms with Gasteiger partial charge in [0, 0.05) is 40.6 Å². The molecule has 3 aromatic heterocycles. The molecular formula is C28H25N3O2S. The maximum absolute atomic E-state index is 13.1. The molecule has 0 saturated carbocycles. The Morgan fingerprint density at radius 1 is 1.06 bits per heavy atom. The van der Waals surface area contributed by atoms with Gasteiger partial charge in [-0.05, 0) is 47.7 Å². The third-order valence-electron chi connectivity index (χ3n) is 6.05. The summed E-state index contributed by atoms with van der Waals surface area (Å²) in [6, 6.07) is 23.6. The molecule has 0 fully saturated rings. The van der Waals surface area contributed by atoms with Crippen molar-refractivity contribution < 1.29 is 4.79 Å². The first-order valence-electron chi connectivity index (χ1n) is 11.2.